The Morgan fingerprint density at radius 1 is 1.10 bits per heavy atom. The number of pyridine rings is 1. The predicted octanol–water partition coefficient (Wildman–Crippen LogP) is 3.44. The van der Waals surface area contributed by atoms with Crippen LogP contribution in [0.1, 0.15) is 0 Å². The number of aromatic nitrogens is 5. The molecule has 0 bridgehead atoms. The molecule has 0 amide bonds. The summed E-state index contributed by atoms with van der Waals surface area (Å²) >= 11 is 3.34. The van der Waals surface area contributed by atoms with Gasteiger partial charge in [0.25, 0.3) is 0 Å². The van der Waals surface area contributed by atoms with E-state index in [1.54, 1.807) is 12.4 Å². The average molecular weight is 342 g/mol. The highest BCUT2D eigenvalue weighted by Gasteiger charge is 2.10. The SMILES string of the molecule is Brc1cc(-c2nc3cc(-c4cn[nH]n4)ccc3o2)ccn1. The normalized spacial score (nSPS) is 11.1. The second-order valence-electron chi connectivity index (χ2n) is 4.42. The Bertz CT molecular complexity index is 916. The fourth-order valence-corrected chi connectivity index (χ4v) is 2.45. The Morgan fingerprint density at radius 2 is 2.05 bits per heavy atom. The Kier molecular flexibility index (Phi) is 2.78. The van der Waals surface area contributed by atoms with Crippen LogP contribution in [0.5, 0.6) is 0 Å². The summed E-state index contributed by atoms with van der Waals surface area (Å²) in [5.41, 5.74) is 4.08. The van der Waals surface area contributed by atoms with Crippen molar-refractivity contribution >= 4 is 27.0 Å². The first-order valence-corrected chi connectivity index (χ1v) is 6.97. The number of rotatable bonds is 2. The molecule has 3 heterocycles. The van der Waals surface area contributed by atoms with Crippen molar-refractivity contribution in [3.63, 3.8) is 0 Å². The molecule has 6 nitrogen and oxygen atoms in total. The van der Waals surface area contributed by atoms with E-state index in [1.807, 2.05) is 30.3 Å². The Hall–Kier alpha value is -2.54. The van der Waals surface area contributed by atoms with Gasteiger partial charge in [0.2, 0.25) is 5.89 Å². The summed E-state index contributed by atoms with van der Waals surface area (Å²) in [6, 6.07) is 9.46. The summed E-state index contributed by atoms with van der Waals surface area (Å²) in [7, 11) is 0. The third-order valence-corrected chi connectivity index (χ3v) is 3.51. The van der Waals surface area contributed by atoms with E-state index in [1.165, 1.54) is 0 Å². The lowest BCUT2D eigenvalue weighted by atomic mass is 10.1. The van der Waals surface area contributed by atoms with Gasteiger partial charge in [-0.1, -0.05) is 0 Å². The monoisotopic (exact) mass is 341 g/mol. The first-order valence-electron chi connectivity index (χ1n) is 6.18. The minimum Gasteiger partial charge on any atom is -0.436 e. The van der Waals surface area contributed by atoms with Crippen LogP contribution in [0.25, 0.3) is 33.8 Å². The summed E-state index contributed by atoms with van der Waals surface area (Å²) in [5.74, 6) is 0.561. The van der Waals surface area contributed by atoms with Crippen molar-refractivity contribution in [3.05, 3.63) is 47.3 Å². The molecule has 0 aliphatic heterocycles. The van der Waals surface area contributed by atoms with Crippen LogP contribution in [0, 0.1) is 0 Å². The van der Waals surface area contributed by atoms with Gasteiger partial charge in [-0.3, -0.25) is 0 Å². The maximum Gasteiger partial charge on any atom is 0.227 e. The molecule has 0 saturated heterocycles. The van der Waals surface area contributed by atoms with Gasteiger partial charge in [-0.2, -0.15) is 15.4 Å². The summed E-state index contributed by atoms with van der Waals surface area (Å²) in [4.78, 5) is 8.62. The van der Waals surface area contributed by atoms with E-state index in [-0.39, 0.29) is 0 Å². The molecule has 4 rings (SSSR count). The molecule has 21 heavy (non-hydrogen) atoms. The van der Waals surface area contributed by atoms with Crippen molar-refractivity contribution in [3.8, 4) is 22.7 Å². The highest BCUT2D eigenvalue weighted by Crippen LogP contribution is 2.28. The van der Waals surface area contributed by atoms with Crippen LogP contribution in [0.4, 0.5) is 0 Å². The molecule has 3 aromatic heterocycles. The molecule has 0 atom stereocenters. The van der Waals surface area contributed by atoms with E-state index < -0.39 is 0 Å². The van der Waals surface area contributed by atoms with Crippen molar-refractivity contribution in [1.82, 2.24) is 25.4 Å². The number of hydrogen-bond donors (Lipinski definition) is 1. The van der Waals surface area contributed by atoms with Crippen molar-refractivity contribution in [1.29, 1.82) is 0 Å². The number of oxazole rings is 1. The Balaban J connectivity index is 1.83. The van der Waals surface area contributed by atoms with Crippen molar-refractivity contribution in [2.45, 2.75) is 0 Å². The molecular formula is C14H8BrN5O. The van der Waals surface area contributed by atoms with Gasteiger partial charge in [-0.15, -0.1) is 0 Å². The van der Waals surface area contributed by atoms with Crippen molar-refractivity contribution in [2.75, 3.05) is 0 Å². The van der Waals surface area contributed by atoms with Crippen LogP contribution in [0.15, 0.2) is 51.7 Å². The maximum absolute atomic E-state index is 5.78. The molecule has 1 N–H and O–H groups in total. The zero-order valence-electron chi connectivity index (χ0n) is 10.6. The Morgan fingerprint density at radius 3 is 2.86 bits per heavy atom. The van der Waals surface area contributed by atoms with Crippen molar-refractivity contribution < 1.29 is 4.42 Å². The van der Waals surface area contributed by atoms with Gasteiger partial charge in [-0.05, 0) is 46.3 Å². The van der Waals surface area contributed by atoms with E-state index in [2.05, 4.69) is 41.3 Å². The minimum atomic E-state index is 0.561. The van der Waals surface area contributed by atoms with Gasteiger partial charge < -0.3 is 4.42 Å². The minimum absolute atomic E-state index is 0.561. The summed E-state index contributed by atoms with van der Waals surface area (Å²) in [5, 5.41) is 10.5. The van der Waals surface area contributed by atoms with Crippen LogP contribution in [-0.4, -0.2) is 25.4 Å². The smallest absolute Gasteiger partial charge is 0.227 e. The number of nitrogens with one attached hydrogen (secondary N) is 1. The van der Waals surface area contributed by atoms with Crippen LogP contribution < -0.4 is 0 Å². The summed E-state index contributed by atoms with van der Waals surface area (Å²) in [6.07, 6.45) is 3.37. The van der Waals surface area contributed by atoms with Gasteiger partial charge in [0.15, 0.2) is 5.58 Å². The summed E-state index contributed by atoms with van der Waals surface area (Å²) < 4.78 is 6.52. The topological polar surface area (TPSA) is 80.5 Å². The van der Waals surface area contributed by atoms with Crippen LogP contribution in [-0.2, 0) is 0 Å². The summed E-state index contributed by atoms with van der Waals surface area (Å²) in [6.45, 7) is 0. The number of halogens is 1. The predicted molar refractivity (Wildman–Crippen MR) is 80.3 cm³/mol. The fourth-order valence-electron chi connectivity index (χ4n) is 2.09. The number of hydrogen-bond acceptors (Lipinski definition) is 5. The highest BCUT2D eigenvalue weighted by molar-refractivity contribution is 9.10. The Labute approximate surface area is 127 Å². The van der Waals surface area contributed by atoms with Gasteiger partial charge in [-0.25, -0.2) is 9.97 Å². The molecule has 0 fully saturated rings. The fraction of sp³-hybridized carbons (Fsp3) is 0. The van der Waals surface area contributed by atoms with E-state index >= 15 is 0 Å². The lowest BCUT2D eigenvalue weighted by Gasteiger charge is -1.94. The largest absolute Gasteiger partial charge is 0.436 e. The van der Waals surface area contributed by atoms with E-state index in [0.29, 0.717) is 5.89 Å². The zero-order valence-corrected chi connectivity index (χ0v) is 12.2. The lowest BCUT2D eigenvalue weighted by Crippen LogP contribution is -1.80. The number of benzene rings is 1. The average Bonchev–Trinajstić information content (AvgIpc) is 3.16. The lowest BCUT2D eigenvalue weighted by molar-refractivity contribution is 0.619. The van der Waals surface area contributed by atoms with Gasteiger partial charge in [0, 0.05) is 17.3 Å². The molecule has 102 valence electrons. The highest BCUT2D eigenvalue weighted by atomic mass is 79.9. The third-order valence-electron chi connectivity index (χ3n) is 3.07. The third kappa shape index (κ3) is 2.21. The van der Waals surface area contributed by atoms with Gasteiger partial charge >= 0.3 is 0 Å². The molecule has 0 aliphatic rings. The van der Waals surface area contributed by atoms with Gasteiger partial charge in [0.05, 0.1) is 6.20 Å². The maximum atomic E-state index is 5.78. The second-order valence-corrected chi connectivity index (χ2v) is 5.24. The van der Waals surface area contributed by atoms with Gasteiger partial charge in [0.1, 0.15) is 15.8 Å². The molecule has 0 spiro atoms. The van der Waals surface area contributed by atoms with Crippen LogP contribution in [0.2, 0.25) is 0 Å². The second kappa shape index (κ2) is 4.78. The number of nitrogens with zero attached hydrogens (tertiary/aromatic N) is 4. The first kappa shape index (κ1) is 12.2. The van der Waals surface area contributed by atoms with Crippen LogP contribution in [0.3, 0.4) is 0 Å². The molecule has 7 heteroatoms. The molecule has 0 radical (unpaired) electrons. The van der Waals surface area contributed by atoms with E-state index in [4.69, 9.17) is 4.42 Å². The van der Waals surface area contributed by atoms with Crippen molar-refractivity contribution in [2.24, 2.45) is 0 Å². The van der Waals surface area contributed by atoms with E-state index in [9.17, 15) is 0 Å². The molecule has 1 aromatic carbocycles. The molecule has 0 unspecified atom stereocenters. The van der Waals surface area contributed by atoms with Crippen LogP contribution >= 0.6 is 15.9 Å². The molecular weight excluding hydrogens is 334 g/mol. The number of H-pyrrole nitrogens is 1. The number of fused-ring (bicyclic) bond motifs is 1. The van der Waals surface area contributed by atoms with E-state index in [0.717, 1.165) is 32.5 Å². The molecule has 0 aliphatic carbocycles. The number of aromatic amines is 1. The first-order chi connectivity index (χ1) is 10.3. The quantitative estimate of drug-likeness (QED) is 0.565. The standard InChI is InChI=1S/C14H8BrN5O/c15-13-6-9(3-4-16-13)14-18-10-5-8(1-2-12(10)21-14)11-7-17-20-19-11/h1-7H,(H,17,19,20). The molecule has 0 saturated carbocycles. The zero-order chi connectivity index (χ0) is 14.2. The molecule has 4 aromatic rings.